The molecule has 1 aromatic rings. The minimum atomic E-state index is 0.153. The normalized spacial score (nSPS) is 22.7. The second-order valence-electron chi connectivity index (χ2n) is 4.86. The molecule has 1 aliphatic rings. The third kappa shape index (κ3) is 3.53. The van der Waals surface area contributed by atoms with Crippen LogP contribution in [0.25, 0.3) is 0 Å². The number of phenolic OH excluding ortho intramolecular Hbond substituents is 1. The number of ether oxygens (including phenoxy) is 2. The molecule has 2 atom stereocenters. The largest absolute Gasteiger partial charge is 0.504 e. The van der Waals surface area contributed by atoms with Crippen LogP contribution in [0.1, 0.15) is 24.8 Å². The summed E-state index contributed by atoms with van der Waals surface area (Å²) in [6, 6.07) is 3.79. The lowest BCUT2D eigenvalue weighted by molar-refractivity contribution is 0.107. The summed E-state index contributed by atoms with van der Waals surface area (Å²) >= 11 is 6.00. The van der Waals surface area contributed by atoms with Gasteiger partial charge in [-0.25, -0.2) is 0 Å². The third-order valence-electron chi connectivity index (χ3n) is 3.64. The van der Waals surface area contributed by atoms with Crippen molar-refractivity contribution in [1.29, 1.82) is 0 Å². The first-order valence-corrected chi connectivity index (χ1v) is 6.83. The number of phenols is 1. The second kappa shape index (κ2) is 6.46. The number of methoxy groups -OCH3 is 2. The van der Waals surface area contributed by atoms with Crippen molar-refractivity contribution in [3.8, 4) is 11.5 Å². The van der Waals surface area contributed by atoms with Crippen LogP contribution in [0.3, 0.4) is 0 Å². The average Bonchev–Trinajstić information content (AvgIpc) is 2.87. The summed E-state index contributed by atoms with van der Waals surface area (Å²) in [7, 11) is 3.27. The van der Waals surface area contributed by atoms with Gasteiger partial charge in [0.15, 0.2) is 11.5 Å². The Morgan fingerprint density at radius 2 is 2.16 bits per heavy atom. The van der Waals surface area contributed by atoms with Crippen LogP contribution in [0.5, 0.6) is 11.5 Å². The Hall–Kier alpha value is -0.970. The number of hydrogen-bond donors (Lipinski definition) is 2. The van der Waals surface area contributed by atoms with Crippen molar-refractivity contribution in [2.45, 2.75) is 38.0 Å². The molecule has 2 N–H and O–H groups in total. The van der Waals surface area contributed by atoms with E-state index in [1.54, 1.807) is 19.2 Å². The average molecular weight is 286 g/mol. The van der Waals surface area contributed by atoms with Crippen molar-refractivity contribution in [2.24, 2.45) is 0 Å². The van der Waals surface area contributed by atoms with Gasteiger partial charge in [0, 0.05) is 36.3 Å². The van der Waals surface area contributed by atoms with E-state index in [0.29, 0.717) is 29.5 Å². The highest BCUT2D eigenvalue weighted by molar-refractivity contribution is 6.30. The molecule has 0 heterocycles. The summed E-state index contributed by atoms with van der Waals surface area (Å²) in [6.45, 7) is 0.573. The molecule has 1 aromatic carbocycles. The van der Waals surface area contributed by atoms with Gasteiger partial charge >= 0.3 is 0 Å². The number of rotatable bonds is 5. The monoisotopic (exact) mass is 285 g/mol. The van der Waals surface area contributed by atoms with Gasteiger partial charge in [-0.15, -0.1) is 0 Å². The predicted molar refractivity (Wildman–Crippen MR) is 74.9 cm³/mol. The Morgan fingerprint density at radius 1 is 1.37 bits per heavy atom. The van der Waals surface area contributed by atoms with Gasteiger partial charge in [0.25, 0.3) is 0 Å². The van der Waals surface area contributed by atoms with E-state index in [-0.39, 0.29) is 5.75 Å². The van der Waals surface area contributed by atoms with E-state index >= 15 is 0 Å². The molecule has 0 aliphatic heterocycles. The van der Waals surface area contributed by atoms with Gasteiger partial charge in [0.2, 0.25) is 0 Å². The summed E-state index contributed by atoms with van der Waals surface area (Å²) in [5.41, 5.74) is 0.755. The third-order valence-corrected chi connectivity index (χ3v) is 3.86. The second-order valence-corrected chi connectivity index (χ2v) is 5.30. The van der Waals surface area contributed by atoms with E-state index < -0.39 is 0 Å². The summed E-state index contributed by atoms with van der Waals surface area (Å²) in [4.78, 5) is 0. The topological polar surface area (TPSA) is 50.7 Å². The van der Waals surface area contributed by atoms with E-state index in [2.05, 4.69) is 5.32 Å². The number of benzene rings is 1. The lowest BCUT2D eigenvalue weighted by atomic mass is 10.1. The van der Waals surface area contributed by atoms with Gasteiger partial charge in [-0.3, -0.25) is 0 Å². The van der Waals surface area contributed by atoms with Gasteiger partial charge in [-0.2, -0.15) is 0 Å². The van der Waals surface area contributed by atoms with Gasteiger partial charge < -0.3 is 19.9 Å². The standard InChI is InChI=1S/C14H20ClNO3/c1-18-12-4-3-11(7-12)16-8-9-5-10(15)6-13(19-2)14(9)17/h5-6,11-12,16-17H,3-4,7-8H2,1-2H3. The van der Waals surface area contributed by atoms with E-state index in [0.717, 1.165) is 24.8 Å². The molecule has 2 unspecified atom stereocenters. The minimum Gasteiger partial charge on any atom is -0.504 e. The van der Waals surface area contributed by atoms with Crippen molar-refractivity contribution in [1.82, 2.24) is 5.32 Å². The fourth-order valence-corrected chi connectivity index (χ4v) is 2.74. The highest BCUT2D eigenvalue weighted by atomic mass is 35.5. The zero-order chi connectivity index (χ0) is 13.8. The van der Waals surface area contributed by atoms with Gasteiger partial charge in [-0.05, 0) is 25.3 Å². The van der Waals surface area contributed by atoms with Gasteiger partial charge in [-0.1, -0.05) is 11.6 Å². The molecule has 0 bridgehead atoms. The number of halogens is 1. The lowest BCUT2D eigenvalue weighted by Gasteiger charge is -2.15. The molecule has 5 heteroatoms. The Morgan fingerprint density at radius 3 is 2.79 bits per heavy atom. The summed E-state index contributed by atoms with van der Waals surface area (Å²) in [5.74, 6) is 0.561. The van der Waals surface area contributed by atoms with Crippen LogP contribution >= 0.6 is 11.6 Å². The van der Waals surface area contributed by atoms with E-state index in [4.69, 9.17) is 21.1 Å². The first-order chi connectivity index (χ1) is 9.13. The number of nitrogens with one attached hydrogen (secondary N) is 1. The van der Waals surface area contributed by atoms with E-state index in [1.807, 2.05) is 0 Å². The lowest BCUT2D eigenvalue weighted by Crippen LogP contribution is -2.26. The zero-order valence-electron chi connectivity index (χ0n) is 11.3. The molecule has 1 fully saturated rings. The Bertz CT molecular complexity index is 439. The molecule has 0 saturated heterocycles. The quantitative estimate of drug-likeness (QED) is 0.873. The fraction of sp³-hybridized carbons (Fsp3) is 0.571. The van der Waals surface area contributed by atoms with Crippen molar-refractivity contribution in [2.75, 3.05) is 14.2 Å². The molecule has 0 spiro atoms. The highest BCUT2D eigenvalue weighted by Gasteiger charge is 2.24. The first kappa shape index (κ1) is 14.4. The van der Waals surface area contributed by atoms with Gasteiger partial charge in [0.05, 0.1) is 13.2 Å². The van der Waals surface area contributed by atoms with Gasteiger partial charge in [0.1, 0.15) is 0 Å². The highest BCUT2D eigenvalue weighted by Crippen LogP contribution is 2.33. The van der Waals surface area contributed by atoms with Crippen LogP contribution in [-0.4, -0.2) is 31.5 Å². The summed E-state index contributed by atoms with van der Waals surface area (Å²) < 4.78 is 10.4. The Balaban J connectivity index is 1.98. The molecule has 1 aliphatic carbocycles. The van der Waals surface area contributed by atoms with Crippen molar-refractivity contribution in [3.05, 3.63) is 22.7 Å². The van der Waals surface area contributed by atoms with Crippen LogP contribution in [0, 0.1) is 0 Å². The molecular weight excluding hydrogens is 266 g/mol. The first-order valence-electron chi connectivity index (χ1n) is 6.45. The summed E-state index contributed by atoms with van der Waals surface area (Å²) in [6.07, 6.45) is 3.53. The van der Waals surface area contributed by atoms with Crippen LogP contribution in [0.15, 0.2) is 12.1 Å². The molecular formula is C14H20ClNO3. The molecule has 4 nitrogen and oxygen atoms in total. The molecule has 19 heavy (non-hydrogen) atoms. The maximum absolute atomic E-state index is 10.0. The SMILES string of the molecule is COc1cc(Cl)cc(CNC2CCC(OC)C2)c1O. The number of hydrogen-bond acceptors (Lipinski definition) is 4. The fourth-order valence-electron chi connectivity index (χ4n) is 2.51. The zero-order valence-corrected chi connectivity index (χ0v) is 12.0. The maximum Gasteiger partial charge on any atom is 0.162 e. The molecule has 106 valence electrons. The molecule has 0 radical (unpaired) electrons. The van der Waals surface area contributed by atoms with Crippen LogP contribution in [0.2, 0.25) is 5.02 Å². The smallest absolute Gasteiger partial charge is 0.162 e. The maximum atomic E-state index is 10.0. The van der Waals surface area contributed by atoms with E-state index in [9.17, 15) is 5.11 Å². The van der Waals surface area contributed by atoms with E-state index in [1.165, 1.54) is 7.11 Å². The molecule has 0 amide bonds. The number of aromatic hydroxyl groups is 1. The van der Waals surface area contributed by atoms with Crippen molar-refractivity contribution >= 4 is 11.6 Å². The van der Waals surface area contributed by atoms with Crippen LogP contribution in [-0.2, 0) is 11.3 Å². The summed E-state index contributed by atoms with van der Waals surface area (Å²) in [5, 5.41) is 14.0. The van der Waals surface area contributed by atoms with Crippen molar-refractivity contribution < 1.29 is 14.6 Å². The Kier molecular flexibility index (Phi) is 4.91. The van der Waals surface area contributed by atoms with Crippen LogP contribution < -0.4 is 10.1 Å². The molecule has 0 aromatic heterocycles. The molecule has 2 rings (SSSR count). The predicted octanol–water partition coefficient (Wildman–Crippen LogP) is 2.71. The van der Waals surface area contributed by atoms with Crippen molar-refractivity contribution in [3.63, 3.8) is 0 Å². The Labute approximate surface area is 118 Å². The minimum absolute atomic E-state index is 0.153. The van der Waals surface area contributed by atoms with Crippen LogP contribution in [0.4, 0.5) is 0 Å². The molecule has 1 saturated carbocycles.